The van der Waals surface area contributed by atoms with E-state index in [1.54, 1.807) is 41.5 Å². The largest absolute Gasteiger partial charge is 0.421 e. The van der Waals surface area contributed by atoms with Crippen LogP contribution >= 0.6 is 0 Å². The average molecular weight is 380 g/mol. The highest BCUT2D eigenvalue weighted by Crippen LogP contribution is 2.33. The Morgan fingerprint density at radius 2 is 0.857 bits per heavy atom. The van der Waals surface area contributed by atoms with Gasteiger partial charge in [0.05, 0.1) is 10.8 Å². The van der Waals surface area contributed by atoms with E-state index in [1.807, 2.05) is 60.7 Å². The molecule has 2 aromatic rings. The molecule has 0 radical (unpaired) electrons. The molecule has 0 aliphatic heterocycles. The van der Waals surface area contributed by atoms with Gasteiger partial charge in [-0.25, -0.2) is 0 Å². The van der Waals surface area contributed by atoms with Gasteiger partial charge in [-0.15, -0.1) is 0 Å². The van der Waals surface area contributed by atoms with Gasteiger partial charge >= 0.3 is 11.9 Å². The molecule has 0 aliphatic rings. The van der Waals surface area contributed by atoms with E-state index < -0.39 is 22.8 Å². The molecule has 0 unspecified atom stereocenters. The highest BCUT2D eigenvalue weighted by molar-refractivity contribution is 5.94. The third kappa shape index (κ3) is 5.56. The Labute approximate surface area is 167 Å². The first-order valence-electron chi connectivity index (χ1n) is 9.30. The third-order valence-corrected chi connectivity index (χ3v) is 3.89. The molecule has 0 fully saturated rings. The fourth-order valence-electron chi connectivity index (χ4n) is 2.14. The summed E-state index contributed by atoms with van der Waals surface area (Å²) in [6.07, 6.45) is 0. The Morgan fingerprint density at radius 3 is 1.11 bits per heavy atom. The fraction of sp³-hybridized carbons (Fsp3) is 0.333. The molecule has 4 heteroatoms. The second-order valence-corrected chi connectivity index (χ2v) is 8.67. The molecule has 28 heavy (non-hydrogen) atoms. The van der Waals surface area contributed by atoms with E-state index in [0.717, 1.165) is 0 Å². The summed E-state index contributed by atoms with van der Waals surface area (Å²) in [7, 11) is 0. The number of carbonyl (C=O) groups excluding carboxylic acids is 2. The Balaban J connectivity index is 2.68. The number of ether oxygens (including phenoxy) is 2. The minimum atomic E-state index is -0.712. The van der Waals surface area contributed by atoms with Crippen LogP contribution in [0.5, 0.6) is 0 Å². The van der Waals surface area contributed by atoms with Crippen LogP contribution in [0.4, 0.5) is 0 Å². The lowest BCUT2D eigenvalue weighted by Gasteiger charge is -2.23. The Hall–Kier alpha value is -2.88. The molecule has 0 N–H and O–H groups in total. The van der Waals surface area contributed by atoms with Gasteiger partial charge in [0.15, 0.2) is 11.5 Å². The van der Waals surface area contributed by atoms with Gasteiger partial charge in [-0.2, -0.15) is 0 Å². The summed E-state index contributed by atoms with van der Waals surface area (Å²) >= 11 is 0. The monoisotopic (exact) mass is 380 g/mol. The zero-order chi connectivity index (χ0) is 20.9. The number of carbonyl (C=O) groups is 2. The van der Waals surface area contributed by atoms with Crippen LogP contribution in [0.3, 0.4) is 0 Å². The van der Waals surface area contributed by atoms with E-state index in [4.69, 9.17) is 9.47 Å². The molecule has 0 aliphatic carbocycles. The highest BCUT2D eigenvalue weighted by Gasteiger charge is 2.30. The number of esters is 2. The SMILES string of the molecule is CC(C)(C)C(=O)O/C(=C(/OC(=O)C(C)(C)C)c1ccccc1)c1ccccc1. The Bertz CT molecular complexity index is 777. The first-order chi connectivity index (χ1) is 13.0. The van der Waals surface area contributed by atoms with Crippen LogP contribution in [0.2, 0.25) is 0 Å². The first kappa shape index (κ1) is 21.4. The highest BCUT2D eigenvalue weighted by atomic mass is 16.6. The van der Waals surface area contributed by atoms with Crippen LogP contribution < -0.4 is 0 Å². The van der Waals surface area contributed by atoms with Crippen LogP contribution in [0.1, 0.15) is 52.7 Å². The second-order valence-electron chi connectivity index (χ2n) is 8.67. The summed E-state index contributed by atoms with van der Waals surface area (Å²) in [6.45, 7) is 10.7. The van der Waals surface area contributed by atoms with Crippen molar-refractivity contribution in [3.63, 3.8) is 0 Å². The van der Waals surface area contributed by atoms with E-state index in [9.17, 15) is 9.59 Å². The predicted molar refractivity (Wildman–Crippen MR) is 111 cm³/mol. The molecule has 0 amide bonds. The number of hydrogen-bond donors (Lipinski definition) is 0. The normalized spacial score (nSPS) is 12.8. The van der Waals surface area contributed by atoms with Crippen molar-refractivity contribution in [3.8, 4) is 0 Å². The topological polar surface area (TPSA) is 52.6 Å². The van der Waals surface area contributed by atoms with Crippen molar-refractivity contribution >= 4 is 23.5 Å². The zero-order valence-electron chi connectivity index (χ0n) is 17.4. The van der Waals surface area contributed by atoms with Gasteiger partial charge in [0.2, 0.25) is 0 Å². The van der Waals surface area contributed by atoms with E-state index >= 15 is 0 Å². The summed E-state index contributed by atoms with van der Waals surface area (Å²) in [6, 6.07) is 18.4. The maximum absolute atomic E-state index is 12.7. The molecule has 0 bridgehead atoms. The van der Waals surface area contributed by atoms with Crippen LogP contribution in [0.25, 0.3) is 11.5 Å². The average Bonchev–Trinajstić information content (AvgIpc) is 2.64. The standard InChI is InChI=1S/C24H28O4/c1-23(2,3)21(25)27-19(17-13-9-7-10-14-17)20(18-15-11-8-12-16-18)28-22(26)24(4,5)6/h7-16H,1-6H3/b20-19+. The molecule has 0 atom stereocenters. The summed E-state index contributed by atoms with van der Waals surface area (Å²) in [5, 5.41) is 0. The van der Waals surface area contributed by atoms with Crippen LogP contribution in [-0.2, 0) is 19.1 Å². The van der Waals surface area contributed by atoms with Crippen molar-refractivity contribution in [2.24, 2.45) is 10.8 Å². The number of hydrogen-bond acceptors (Lipinski definition) is 4. The van der Waals surface area contributed by atoms with Gasteiger partial charge in [-0.1, -0.05) is 60.7 Å². The molecule has 148 valence electrons. The molecule has 0 saturated heterocycles. The van der Waals surface area contributed by atoms with Crippen molar-refractivity contribution < 1.29 is 19.1 Å². The second kappa shape index (κ2) is 8.42. The van der Waals surface area contributed by atoms with E-state index in [1.165, 1.54) is 0 Å². The quantitative estimate of drug-likeness (QED) is 0.388. The first-order valence-corrected chi connectivity index (χ1v) is 9.30. The molecule has 0 spiro atoms. The smallest absolute Gasteiger partial charge is 0.316 e. The molecule has 2 aromatic carbocycles. The van der Waals surface area contributed by atoms with Gasteiger partial charge in [0, 0.05) is 11.1 Å². The summed E-state index contributed by atoms with van der Waals surface area (Å²) in [5.74, 6) is -0.369. The lowest BCUT2D eigenvalue weighted by molar-refractivity contribution is -0.147. The van der Waals surface area contributed by atoms with E-state index in [-0.39, 0.29) is 11.5 Å². The van der Waals surface area contributed by atoms with Crippen molar-refractivity contribution in [1.82, 2.24) is 0 Å². The van der Waals surface area contributed by atoms with Gasteiger partial charge < -0.3 is 9.47 Å². The molecule has 0 saturated carbocycles. The number of rotatable bonds is 4. The molecular weight excluding hydrogens is 352 g/mol. The summed E-state index contributed by atoms with van der Waals surface area (Å²) < 4.78 is 11.6. The Morgan fingerprint density at radius 1 is 0.571 bits per heavy atom. The lowest BCUT2D eigenvalue weighted by atomic mass is 9.96. The molecule has 0 aromatic heterocycles. The Kier molecular flexibility index (Phi) is 6.45. The van der Waals surface area contributed by atoms with E-state index in [2.05, 4.69) is 0 Å². The van der Waals surface area contributed by atoms with Crippen molar-refractivity contribution in [2.75, 3.05) is 0 Å². The van der Waals surface area contributed by atoms with Crippen molar-refractivity contribution in [1.29, 1.82) is 0 Å². The minimum Gasteiger partial charge on any atom is -0.421 e. The molecule has 2 rings (SSSR count). The fourth-order valence-corrected chi connectivity index (χ4v) is 2.14. The predicted octanol–water partition coefficient (Wildman–Crippen LogP) is 5.69. The zero-order valence-corrected chi connectivity index (χ0v) is 17.4. The lowest BCUT2D eigenvalue weighted by Crippen LogP contribution is -2.25. The van der Waals surface area contributed by atoms with Gasteiger partial charge in [-0.05, 0) is 41.5 Å². The maximum Gasteiger partial charge on any atom is 0.316 e. The minimum absolute atomic E-state index is 0.226. The molecular formula is C24H28O4. The molecule has 0 heterocycles. The van der Waals surface area contributed by atoms with Crippen molar-refractivity contribution in [3.05, 3.63) is 71.8 Å². The maximum atomic E-state index is 12.7. The van der Waals surface area contributed by atoms with Crippen LogP contribution in [0.15, 0.2) is 60.7 Å². The summed E-state index contributed by atoms with van der Waals surface area (Å²) in [4.78, 5) is 25.3. The van der Waals surface area contributed by atoms with Crippen LogP contribution in [0, 0.1) is 10.8 Å². The third-order valence-electron chi connectivity index (χ3n) is 3.89. The molecule has 4 nitrogen and oxygen atoms in total. The van der Waals surface area contributed by atoms with Gasteiger partial charge in [0.25, 0.3) is 0 Å². The number of benzene rings is 2. The van der Waals surface area contributed by atoms with Crippen LogP contribution in [-0.4, -0.2) is 11.9 Å². The van der Waals surface area contributed by atoms with Gasteiger partial charge in [-0.3, -0.25) is 9.59 Å². The van der Waals surface area contributed by atoms with Gasteiger partial charge in [0.1, 0.15) is 0 Å². The van der Waals surface area contributed by atoms with Crippen molar-refractivity contribution in [2.45, 2.75) is 41.5 Å². The summed E-state index contributed by atoms with van der Waals surface area (Å²) in [5.41, 5.74) is -0.118. The van der Waals surface area contributed by atoms with E-state index in [0.29, 0.717) is 11.1 Å².